The summed E-state index contributed by atoms with van der Waals surface area (Å²) in [5.74, 6) is -0.609. The van der Waals surface area contributed by atoms with Crippen LogP contribution in [0.4, 0.5) is 0 Å². The average Bonchev–Trinajstić information content (AvgIpc) is 2.39. The fourth-order valence-corrected chi connectivity index (χ4v) is 1.35. The lowest BCUT2D eigenvalue weighted by Crippen LogP contribution is -2.21. The first kappa shape index (κ1) is 14.0. The van der Waals surface area contributed by atoms with Gasteiger partial charge in [0.2, 0.25) is 5.91 Å². The van der Waals surface area contributed by atoms with Crippen LogP contribution in [0.3, 0.4) is 0 Å². The van der Waals surface area contributed by atoms with Gasteiger partial charge < -0.3 is 10.1 Å². The number of carbonyl (C=O) groups is 2. The Balaban J connectivity index is 2.95. The number of carbonyl (C=O) groups excluding carboxylic acids is 2. The van der Waals surface area contributed by atoms with Crippen molar-refractivity contribution in [3.05, 3.63) is 42.0 Å². The number of nitrogens with one attached hydrogen (secondary N) is 1. The minimum atomic E-state index is -0.465. The van der Waals surface area contributed by atoms with Crippen molar-refractivity contribution < 1.29 is 14.3 Å². The van der Waals surface area contributed by atoms with E-state index >= 15 is 0 Å². The Kier molecular flexibility index (Phi) is 5.64. The monoisotopic (exact) mass is 247 g/mol. The van der Waals surface area contributed by atoms with Crippen molar-refractivity contribution in [3.63, 3.8) is 0 Å². The molecule has 4 heteroatoms. The van der Waals surface area contributed by atoms with E-state index < -0.39 is 5.97 Å². The molecule has 0 fully saturated rings. The zero-order chi connectivity index (χ0) is 13.4. The van der Waals surface area contributed by atoms with Gasteiger partial charge in [-0.2, -0.15) is 0 Å². The molecule has 1 aromatic rings. The number of ether oxygens (including phenoxy) is 1. The molecule has 0 unspecified atom stereocenters. The van der Waals surface area contributed by atoms with Crippen LogP contribution in [0.5, 0.6) is 0 Å². The van der Waals surface area contributed by atoms with Crippen LogP contribution in [0.2, 0.25) is 0 Å². The van der Waals surface area contributed by atoms with Gasteiger partial charge in [0.15, 0.2) is 0 Å². The zero-order valence-electron chi connectivity index (χ0n) is 10.6. The van der Waals surface area contributed by atoms with Gasteiger partial charge in [-0.25, -0.2) is 4.79 Å². The molecule has 4 nitrogen and oxygen atoms in total. The summed E-state index contributed by atoms with van der Waals surface area (Å²) in [5, 5.41) is 2.69. The van der Waals surface area contributed by atoms with Crippen molar-refractivity contribution in [2.45, 2.75) is 20.3 Å². The van der Waals surface area contributed by atoms with Gasteiger partial charge in [0.25, 0.3) is 0 Å². The van der Waals surface area contributed by atoms with Crippen LogP contribution < -0.4 is 5.32 Å². The Bertz CT molecular complexity index is 438. The number of amides is 1. The second kappa shape index (κ2) is 7.27. The van der Waals surface area contributed by atoms with Gasteiger partial charge in [0.1, 0.15) is 0 Å². The van der Waals surface area contributed by atoms with Crippen LogP contribution in [0.1, 0.15) is 25.8 Å². The number of hydrogen-bond acceptors (Lipinski definition) is 3. The number of rotatable bonds is 5. The van der Waals surface area contributed by atoms with E-state index in [0.29, 0.717) is 18.7 Å². The Morgan fingerprint density at radius 1 is 1.22 bits per heavy atom. The maximum atomic E-state index is 11.4. The molecule has 18 heavy (non-hydrogen) atoms. The lowest BCUT2D eigenvalue weighted by Gasteiger charge is -2.09. The molecule has 1 amide bonds. The highest BCUT2D eigenvalue weighted by Gasteiger charge is 2.08. The Labute approximate surface area is 107 Å². The lowest BCUT2D eigenvalue weighted by atomic mass is 10.1. The van der Waals surface area contributed by atoms with E-state index in [0.717, 1.165) is 5.56 Å². The largest absolute Gasteiger partial charge is 0.463 e. The third-order valence-electron chi connectivity index (χ3n) is 2.23. The van der Waals surface area contributed by atoms with E-state index in [9.17, 15) is 9.59 Å². The van der Waals surface area contributed by atoms with Gasteiger partial charge in [-0.1, -0.05) is 37.3 Å². The first-order valence-corrected chi connectivity index (χ1v) is 5.91. The summed E-state index contributed by atoms with van der Waals surface area (Å²) in [4.78, 5) is 22.9. The van der Waals surface area contributed by atoms with Crippen LogP contribution >= 0.6 is 0 Å². The summed E-state index contributed by atoms with van der Waals surface area (Å²) < 4.78 is 4.84. The standard InChI is InChI=1S/C14H17NO3/c1-3-13(16)15-12(10-14(17)18-4-2)11-8-6-5-7-9-11/h5-10H,3-4H2,1-2H3,(H,15,16). The summed E-state index contributed by atoms with van der Waals surface area (Å²) in [6.45, 7) is 3.79. The van der Waals surface area contributed by atoms with Crippen molar-refractivity contribution in [2.75, 3.05) is 6.61 Å². The van der Waals surface area contributed by atoms with E-state index in [1.54, 1.807) is 13.8 Å². The minimum absolute atomic E-state index is 0.144. The van der Waals surface area contributed by atoms with Crippen LogP contribution in [0.25, 0.3) is 5.70 Å². The Morgan fingerprint density at radius 3 is 2.44 bits per heavy atom. The summed E-state index contributed by atoms with van der Waals surface area (Å²) in [5.41, 5.74) is 1.23. The summed E-state index contributed by atoms with van der Waals surface area (Å²) in [7, 11) is 0. The molecule has 0 aliphatic carbocycles. The third kappa shape index (κ3) is 4.41. The maximum Gasteiger partial charge on any atom is 0.332 e. The maximum absolute atomic E-state index is 11.4. The molecular weight excluding hydrogens is 230 g/mol. The number of hydrogen-bond donors (Lipinski definition) is 1. The van der Waals surface area contributed by atoms with Gasteiger partial charge >= 0.3 is 5.97 Å². The molecule has 0 aromatic heterocycles. The molecule has 1 N–H and O–H groups in total. The molecular formula is C14H17NO3. The molecule has 0 aliphatic heterocycles. The van der Waals surface area contributed by atoms with Crippen molar-refractivity contribution in [1.29, 1.82) is 0 Å². The molecule has 0 saturated heterocycles. The molecule has 0 aliphatic rings. The van der Waals surface area contributed by atoms with E-state index in [2.05, 4.69) is 5.32 Å². The van der Waals surface area contributed by atoms with Gasteiger partial charge in [0, 0.05) is 12.5 Å². The SMILES string of the molecule is CCOC(=O)C=C(NC(=O)CC)c1ccccc1. The topological polar surface area (TPSA) is 55.4 Å². The van der Waals surface area contributed by atoms with Crippen molar-refractivity contribution in [1.82, 2.24) is 5.32 Å². The predicted octanol–water partition coefficient (Wildman–Crippen LogP) is 2.12. The molecule has 1 aromatic carbocycles. The molecule has 0 heterocycles. The third-order valence-corrected chi connectivity index (χ3v) is 2.23. The highest BCUT2D eigenvalue weighted by Crippen LogP contribution is 2.11. The van der Waals surface area contributed by atoms with Crippen LogP contribution in [-0.2, 0) is 14.3 Å². The second-order valence-corrected chi connectivity index (χ2v) is 3.58. The van der Waals surface area contributed by atoms with Gasteiger partial charge in [0.05, 0.1) is 12.3 Å². The first-order valence-electron chi connectivity index (χ1n) is 5.91. The highest BCUT2D eigenvalue weighted by molar-refractivity contribution is 5.95. The van der Waals surface area contributed by atoms with Gasteiger partial charge in [-0.05, 0) is 12.5 Å². The molecule has 0 spiro atoms. The number of benzene rings is 1. The molecule has 0 radical (unpaired) electrons. The molecule has 1 rings (SSSR count). The Morgan fingerprint density at radius 2 is 1.89 bits per heavy atom. The average molecular weight is 247 g/mol. The van der Waals surface area contributed by atoms with Crippen molar-refractivity contribution in [3.8, 4) is 0 Å². The highest BCUT2D eigenvalue weighted by atomic mass is 16.5. The quantitative estimate of drug-likeness (QED) is 0.640. The van der Waals surface area contributed by atoms with E-state index in [4.69, 9.17) is 4.74 Å². The summed E-state index contributed by atoms with van der Waals surface area (Å²) in [6, 6.07) is 9.19. The normalized spacial score (nSPS) is 10.9. The van der Waals surface area contributed by atoms with E-state index in [1.807, 2.05) is 30.3 Å². The van der Waals surface area contributed by atoms with Crippen molar-refractivity contribution in [2.24, 2.45) is 0 Å². The van der Waals surface area contributed by atoms with Gasteiger partial charge in [-0.3, -0.25) is 4.79 Å². The minimum Gasteiger partial charge on any atom is -0.463 e. The van der Waals surface area contributed by atoms with Gasteiger partial charge in [-0.15, -0.1) is 0 Å². The lowest BCUT2D eigenvalue weighted by molar-refractivity contribution is -0.137. The second-order valence-electron chi connectivity index (χ2n) is 3.58. The predicted molar refractivity (Wildman–Crippen MR) is 69.5 cm³/mol. The molecule has 0 bridgehead atoms. The van der Waals surface area contributed by atoms with Crippen LogP contribution in [0.15, 0.2) is 36.4 Å². The summed E-state index contributed by atoms with van der Waals surface area (Å²) >= 11 is 0. The fraction of sp³-hybridized carbons (Fsp3) is 0.286. The molecule has 0 saturated carbocycles. The zero-order valence-corrected chi connectivity index (χ0v) is 10.6. The smallest absolute Gasteiger partial charge is 0.332 e. The molecule has 96 valence electrons. The number of esters is 1. The van der Waals surface area contributed by atoms with E-state index in [1.165, 1.54) is 6.08 Å². The fourth-order valence-electron chi connectivity index (χ4n) is 1.35. The van der Waals surface area contributed by atoms with E-state index in [-0.39, 0.29) is 5.91 Å². The summed E-state index contributed by atoms with van der Waals surface area (Å²) in [6.07, 6.45) is 1.65. The van der Waals surface area contributed by atoms with Crippen LogP contribution in [0, 0.1) is 0 Å². The Hall–Kier alpha value is -2.10. The van der Waals surface area contributed by atoms with Crippen LogP contribution in [-0.4, -0.2) is 18.5 Å². The molecule has 0 atom stereocenters. The van der Waals surface area contributed by atoms with Crippen molar-refractivity contribution >= 4 is 17.6 Å². The first-order chi connectivity index (χ1) is 8.67.